The van der Waals surface area contributed by atoms with Gasteiger partial charge in [-0.15, -0.1) is 0 Å². The molecule has 0 unspecified atom stereocenters. The molecule has 5 heteroatoms. The van der Waals surface area contributed by atoms with Gasteiger partial charge < -0.3 is 10.3 Å². The van der Waals surface area contributed by atoms with Crippen LogP contribution in [0.1, 0.15) is 0 Å². The van der Waals surface area contributed by atoms with Crippen LogP contribution in [0.25, 0.3) is 22.0 Å². The van der Waals surface area contributed by atoms with Gasteiger partial charge in [-0.05, 0) is 48.0 Å². The molecule has 3 aromatic carbocycles. The Labute approximate surface area is 163 Å². The van der Waals surface area contributed by atoms with Crippen LogP contribution in [0.5, 0.6) is 0 Å². The van der Waals surface area contributed by atoms with E-state index in [2.05, 4.69) is 26.2 Å². The van der Waals surface area contributed by atoms with Crippen molar-refractivity contribution in [2.24, 2.45) is 0 Å². The van der Waals surface area contributed by atoms with Crippen LogP contribution in [0.3, 0.4) is 0 Å². The van der Waals surface area contributed by atoms with E-state index in [1.165, 1.54) is 0 Å². The van der Waals surface area contributed by atoms with Crippen LogP contribution in [-0.2, 0) is 0 Å². The molecule has 4 rings (SSSR count). The molecule has 0 aliphatic carbocycles. The first-order chi connectivity index (χ1) is 12.6. The van der Waals surface area contributed by atoms with Crippen molar-refractivity contribution in [3.8, 4) is 11.1 Å². The molecule has 1 aromatic heterocycles. The minimum atomic E-state index is -0.179. The highest BCUT2D eigenvalue weighted by Gasteiger charge is 2.15. The molecule has 0 radical (unpaired) electrons. The molecule has 4 aromatic rings. The van der Waals surface area contributed by atoms with Gasteiger partial charge in [-0.2, -0.15) is 0 Å². The van der Waals surface area contributed by atoms with Gasteiger partial charge in [0.15, 0.2) is 0 Å². The van der Waals surface area contributed by atoms with Gasteiger partial charge in [0, 0.05) is 31.6 Å². The molecule has 26 heavy (non-hydrogen) atoms. The summed E-state index contributed by atoms with van der Waals surface area (Å²) in [6.07, 6.45) is 0. The van der Waals surface area contributed by atoms with E-state index in [9.17, 15) is 4.79 Å². The van der Waals surface area contributed by atoms with Crippen LogP contribution < -0.4 is 10.9 Å². The van der Waals surface area contributed by atoms with Crippen molar-refractivity contribution in [3.05, 3.63) is 92.6 Å². The van der Waals surface area contributed by atoms with E-state index in [0.717, 1.165) is 32.2 Å². The zero-order chi connectivity index (χ0) is 18.1. The zero-order valence-electron chi connectivity index (χ0n) is 13.6. The van der Waals surface area contributed by atoms with Crippen molar-refractivity contribution >= 4 is 49.8 Å². The maximum atomic E-state index is 12.8. The van der Waals surface area contributed by atoms with E-state index in [1.54, 1.807) is 6.07 Å². The Morgan fingerprint density at radius 2 is 1.65 bits per heavy atom. The van der Waals surface area contributed by atoms with Gasteiger partial charge in [-0.1, -0.05) is 57.9 Å². The number of hydrogen-bond acceptors (Lipinski definition) is 2. The number of aromatic amines is 1. The summed E-state index contributed by atoms with van der Waals surface area (Å²) in [6.45, 7) is 0. The SMILES string of the molecule is O=c1[nH]c2ccc(Cl)cc2c(-c2ccccc2)c1Nc1ccc(Br)cc1. The Morgan fingerprint density at radius 3 is 2.38 bits per heavy atom. The fraction of sp³-hybridized carbons (Fsp3) is 0. The van der Waals surface area contributed by atoms with E-state index < -0.39 is 0 Å². The van der Waals surface area contributed by atoms with Crippen LogP contribution >= 0.6 is 27.5 Å². The molecular weight excluding hydrogens is 412 g/mol. The summed E-state index contributed by atoms with van der Waals surface area (Å²) >= 11 is 9.66. The number of hydrogen-bond donors (Lipinski definition) is 2. The van der Waals surface area contributed by atoms with Crippen LogP contribution in [-0.4, -0.2) is 4.98 Å². The summed E-state index contributed by atoms with van der Waals surface area (Å²) in [5.74, 6) is 0. The molecule has 0 bridgehead atoms. The third-order valence-corrected chi connectivity index (χ3v) is 4.92. The summed E-state index contributed by atoms with van der Waals surface area (Å²) in [4.78, 5) is 15.8. The summed E-state index contributed by atoms with van der Waals surface area (Å²) in [5, 5.41) is 4.78. The minimum absolute atomic E-state index is 0.179. The second-order valence-electron chi connectivity index (χ2n) is 5.89. The van der Waals surface area contributed by atoms with E-state index in [-0.39, 0.29) is 5.56 Å². The average molecular weight is 426 g/mol. The molecule has 1 heterocycles. The first-order valence-electron chi connectivity index (χ1n) is 8.05. The number of benzene rings is 3. The minimum Gasteiger partial charge on any atom is -0.350 e. The van der Waals surface area contributed by atoms with Crippen molar-refractivity contribution in [1.29, 1.82) is 0 Å². The van der Waals surface area contributed by atoms with Crippen molar-refractivity contribution in [2.45, 2.75) is 0 Å². The number of anilines is 2. The lowest BCUT2D eigenvalue weighted by Crippen LogP contribution is -2.13. The Kier molecular flexibility index (Phi) is 4.53. The summed E-state index contributed by atoms with van der Waals surface area (Å²) in [6, 6.07) is 23.0. The number of halogens is 2. The van der Waals surface area contributed by atoms with E-state index in [0.29, 0.717) is 10.7 Å². The second kappa shape index (κ2) is 6.98. The van der Waals surface area contributed by atoms with Gasteiger partial charge in [-0.3, -0.25) is 4.79 Å². The second-order valence-corrected chi connectivity index (χ2v) is 7.24. The zero-order valence-corrected chi connectivity index (χ0v) is 15.9. The Balaban J connectivity index is 2.00. The lowest BCUT2D eigenvalue weighted by molar-refractivity contribution is 1.30. The molecule has 3 nitrogen and oxygen atoms in total. The van der Waals surface area contributed by atoms with Gasteiger partial charge in [-0.25, -0.2) is 0 Å². The highest BCUT2D eigenvalue weighted by Crippen LogP contribution is 2.35. The van der Waals surface area contributed by atoms with Gasteiger partial charge in [0.1, 0.15) is 5.69 Å². The first kappa shape index (κ1) is 16.9. The van der Waals surface area contributed by atoms with Gasteiger partial charge in [0.25, 0.3) is 5.56 Å². The summed E-state index contributed by atoms with van der Waals surface area (Å²) in [7, 11) is 0. The van der Waals surface area contributed by atoms with Gasteiger partial charge in [0.2, 0.25) is 0 Å². The van der Waals surface area contributed by atoms with Crippen molar-refractivity contribution < 1.29 is 0 Å². The monoisotopic (exact) mass is 424 g/mol. The number of fused-ring (bicyclic) bond motifs is 1. The van der Waals surface area contributed by atoms with Crippen LogP contribution in [0.4, 0.5) is 11.4 Å². The van der Waals surface area contributed by atoms with Crippen LogP contribution in [0.2, 0.25) is 5.02 Å². The molecule has 0 amide bonds. The molecule has 0 saturated heterocycles. The van der Waals surface area contributed by atoms with E-state index in [4.69, 9.17) is 11.6 Å². The van der Waals surface area contributed by atoms with Gasteiger partial charge >= 0.3 is 0 Å². The lowest BCUT2D eigenvalue weighted by atomic mass is 9.99. The largest absolute Gasteiger partial charge is 0.350 e. The van der Waals surface area contributed by atoms with Gasteiger partial charge in [0.05, 0.1) is 0 Å². The highest BCUT2D eigenvalue weighted by molar-refractivity contribution is 9.10. The molecule has 0 fully saturated rings. The Bertz CT molecular complexity index is 1140. The predicted molar refractivity (Wildman–Crippen MR) is 112 cm³/mol. The smallest absolute Gasteiger partial charge is 0.272 e. The average Bonchev–Trinajstić information content (AvgIpc) is 2.65. The Hall–Kier alpha value is -2.56. The third kappa shape index (κ3) is 3.26. The normalized spacial score (nSPS) is 10.8. The number of nitrogens with one attached hydrogen (secondary N) is 2. The molecule has 128 valence electrons. The topological polar surface area (TPSA) is 44.9 Å². The van der Waals surface area contributed by atoms with Crippen LogP contribution in [0, 0.1) is 0 Å². The van der Waals surface area contributed by atoms with E-state index in [1.807, 2.05) is 66.7 Å². The molecule has 2 N–H and O–H groups in total. The predicted octanol–water partition coefficient (Wildman–Crippen LogP) is 6.35. The molecule has 0 aliphatic heterocycles. The third-order valence-electron chi connectivity index (χ3n) is 4.15. The molecular formula is C21H14BrClN2O. The summed E-state index contributed by atoms with van der Waals surface area (Å²) < 4.78 is 0.977. The van der Waals surface area contributed by atoms with Crippen molar-refractivity contribution in [2.75, 3.05) is 5.32 Å². The number of pyridine rings is 1. The van der Waals surface area contributed by atoms with Crippen molar-refractivity contribution in [3.63, 3.8) is 0 Å². The number of H-pyrrole nitrogens is 1. The molecule has 0 saturated carbocycles. The quantitative estimate of drug-likeness (QED) is 0.401. The summed E-state index contributed by atoms with van der Waals surface area (Å²) in [5.41, 5.74) is 3.67. The Morgan fingerprint density at radius 1 is 0.923 bits per heavy atom. The highest BCUT2D eigenvalue weighted by atomic mass is 79.9. The molecule has 0 aliphatic rings. The first-order valence-corrected chi connectivity index (χ1v) is 9.22. The molecule has 0 spiro atoms. The fourth-order valence-corrected chi connectivity index (χ4v) is 3.40. The maximum Gasteiger partial charge on any atom is 0.272 e. The standard InChI is InChI=1S/C21H14BrClN2O/c22-14-6-9-16(10-7-14)24-20-19(13-4-2-1-3-5-13)17-12-15(23)8-11-18(17)25-21(20)26/h1-12,24H,(H,25,26). The lowest BCUT2D eigenvalue weighted by Gasteiger charge is -2.15. The van der Waals surface area contributed by atoms with Crippen LogP contribution in [0.15, 0.2) is 82.1 Å². The molecule has 0 atom stereocenters. The van der Waals surface area contributed by atoms with E-state index >= 15 is 0 Å². The maximum absolute atomic E-state index is 12.8. The fourth-order valence-electron chi connectivity index (χ4n) is 2.97. The van der Waals surface area contributed by atoms with Crippen molar-refractivity contribution in [1.82, 2.24) is 4.98 Å². The number of rotatable bonds is 3. The number of aromatic nitrogens is 1.